The Balaban J connectivity index is 0.000000266. The predicted octanol–water partition coefficient (Wildman–Crippen LogP) is 9.04. The molecule has 0 aromatic carbocycles. The van der Waals surface area contributed by atoms with Crippen molar-refractivity contribution in [2.45, 2.75) is 152 Å². The van der Waals surface area contributed by atoms with E-state index >= 15 is 0 Å². The molecule has 28 heavy (non-hydrogen) atoms. The molecule has 0 nitrogen and oxygen atoms in total. The molecule has 0 N–H and O–H groups in total. The Bertz CT molecular complexity index is 312. The smallest absolute Gasteiger partial charge is 0.102 e. The van der Waals surface area contributed by atoms with Crippen molar-refractivity contribution >= 4 is 23.1 Å². The quantitative estimate of drug-likeness (QED) is 0.283. The van der Waals surface area contributed by atoms with Gasteiger partial charge in [0.15, 0.2) is 0 Å². The molecule has 3 fully saturated rings. The van der Waals surface area contributed by atoms with Crippen LogP contribution in [0, 0.1) is 11.8 Å². The summed E-state index contributed by atoms with van der Waals surface area (Å²) in [6.45, 7) is 9.25. The van der Waals surface area contributed by atoms with Gasteiger partial charge in [0.25, 0.3) is 0 Å². The van der Waals surface area contributed by atoms with Crippen molar-refractivity contribution in [1.82, 2.24) is 0 Å². The number of rotatable bonds is 7. The number of hydrogen-bond donors (Lipinski definition) is 0. The van der Waals surface area contributed by atoms with Crippen LogP contribution >= 0.6 is 7.92 Å². The second-order valence-electron chi connectivity index (χ2n) is 11.1. The molecule has 0 spiro atoms. The molecule has 0 heterocycles. The molecule has 0 aromatic rings. The van der Waals surface area contributed by atoms with Crippen LogP contribution in [0.5, 0.6) is 0 Å². The molecule has 2 heteroatoms. The Hall–Kier alpha value is 0.962. The topological polar surface area (TPSA) is 0 Å². The summed E-state index contributed by atoms with van der Waals surface area (Å²) in [5.41, 5.74) is 3.68. The first-order valence-corrected chi connectivity index (χ1v) is 16.6. The summed E-state index contributed by atoms with van der Waals surface area (Å²) in [4.78, 5) is 0. The lowest BCUT2D eigenvalue weighted by Gasteiger charge is -2.38. The van der Waals surface area contributed by atoms with Gasteiger partial charge < -0.3 is 0 Å². The summed E-state index contributed by atoms with van der Waals surface area (Å²) in [5.74, 6) is 1.86. The monoisotopic (exact) mass is 422 g/mol. The largest absolute Gasteiger partial charge is 0.200 e. The average molecular weight is 423 g/mol. The normalized spacial score (nSPS) is 23.1. The molecule has 1 radical (unpaired) electrons. The zero-order valence-electron chi connectivity index (χ0n) is 20.0. The lowest BCUT2D eigenvalue weighted by Crippen LogP contribution is -2.28. The molecule has 0 bridgehead atoms. The fourth-order valence-corrected chi connectivity index (χ4v) is 12.8. The average Bonchev–Trinajstić information content (AvgIpc) is 2.71. The zero-order chi connectivity index (χ0) is 20.2. The Morgan fingerprint density at radius 1 is 0.536 bits per heavy atom. The first-order valence-electron chi connectivity index (χ1n) is 13.3. The van der Waals surface area contributed by atoms with Gasteiger partial charge in [-0.2, -0.15) is 0 Å². The van der Waals surface area contributed by atoms with Gasteiger partial charge in [-0.3, -0.25) is 0 Å². The van der Waals surface area contributed by atoms with E-state index < -0.39 is 0 Å². The van der Waals surface area contributed by atoms with E-state index in [1.165, 1.54) is 27.5 Å². The van der Waals surface area contributed by atoms with Crippen LogP contribution in [0.2, 0.25) is 10.6 Å². The second-order valence-corrected chi connectivity index (χ2v) is 16.0. The standard InChI is InChI=1S/C18H33P.2C4H9.Al/c1-4-10-16(11-5-1)19(17-12-6-2-7-13-17)18-14-8-3-9-15-18;2*1-4(2)3;/h16-18H,1-15H2;2*4H,1H2,2-3H3;/p+1. The third-order valence-electron chi connectivity index (χ3n) is 7.51. The van der Waals surface area contributed by atoms with Crippen molar-refractivity contribution in [3.05, 3.63) is 0 Å². The Labute approximate surface area is 186 Å². The van der Waals surface area contributed by atoms with Crippen molar-refractivity contribution in [2.24, 2.45) is 11.8 Å². The van der Waals surface area contributed by atoms with Crippen LogP contribution in [0.3, 0.4) is 0 Å². The third kappa shape index (κ3) is 9.85. The molecular formula is C26H52AlP+. The van der Waals surface area contributed by atoms with Gasteiger partial charge in [-0.25, -0.2) is 0 Å². The van der Waals surface area contributed by atoms with Crippen LogP contribution in [0.25, 0.3) is 0 Å². The number of hydrogen-bond acceptors (Lipinski definition) is 0. The van der Waals surface area contributed by atoms with Crippen LogP contribution < -0.4 is 0 Å². The highest BCUT2D eigenvalue weighted by molar-refractivity contribution is 7.60. The zero-order valence-corrected chi connectivity index (χ0v) is 22.1. The maximum absolute atomic E-state index is 2.31. The summed E-state index contributed by atoms with van der Waals surface area (Å²) >= 11 is 0.755. The van der Waals surface area contributed by atoms with Gasteiger partial charge in [-0.05, 0) is 77.0 Å². The summed E-state index contributed by atoms with van der Waals surface area (Å²) in [7, 11) is -0.0465. The van der Waals surface area contributed by atoms with Gasteiger partial charge in [-0.15, -0.1) is 10.6 Å². The molecule has 3 saturated carbocycles. The lowest BCUT2D eigenvalue weighted by molar-refractivity contribution is 0.460. The molecule has 0 unspecified atom stereocenters. The van der Waals surface area contributed by atoms with Gasteiger partial charge in [0.1, 0.15) is 0 Å². The molecular weight excluding hydrogens is 370 g/mol. The molecule has 0 aliphatic heterocycles. The molecule has 0 aromatic heterocycles. The fraction of sp³-hybridized carbons (Fsp3) is 1.00. The Morgan fingerprint density at radius 2 is 0.821 bits per heavy atom. The summed E-state index contributed by atoms with van der Waals surface area (Å²) < 4.78 is 0. The SMILES string of the molecule is C1CCC([PH+](C2CCCCC2)C2CCCCC2)CC1.CC(C)[CH2][Al][CH2]C(C)C. The van der Waals surface area contributed by atoms with Gasteiger partial charge in [0.05, 0.1) is 17.0 Å². The maximum Gasteiger partial charge on any atom is 0.200 e. The molecule has 0 atom stereocenters. The van der Waals surface area contributed by atoms with E-state index in [0.29, 0.717) is 0 Å². The van der Waals surface area contributed by atoms with E-state index in [2.05, 4.69) is 27.7 Å². The van der Waals surface area contributed by atoms with Crippen LogP contribution in [-0.2, 0) is 0 Å². The second kappa shape index (κ2) is 14.9. The lowest BCUT2D eigenvalue weighted by atomic mass is 9.99. The van der Waals surface area contributed by atoms with Gasteiger partial charge >= 0.3 is 0 Å². The van der Waals surface area contributed by atoms with Crippen LogP contribution in [0.1, 0.15) is 124 Å². The first-order chi connectivity index (χ1) is 13.6. The minimum Gasteiger partial charge on any atom is -0.102 e. The molecule has 3 aliphatic rings. The van der Waals surface area contributed by atoms with Gasteiger partial charge in [-0.1, -0.05) is 58.8 Å². The summed E-state index contributed by atoms with van der Waals surface area (Å²) in [6, 6.07) is 0. The van der Waals surface area contributed by atoms with Crippen molar-refractivity contribution in [1.29, 1.82) is 0 Å². The van der Waals surface area contributed by atoms with E-state index in [-0.39, 0.29) is 7.92 Å². The van der Waals surface area contributed by atoms with Crippen molar-refractivity contribution < 1.29 is 0 Å². The van der Waals surface area contributed by atoms with Gasteiger partial charge in [0, 0.05) is 7.92 Å². The van der Waals surface area contributed by atoms with Crippen molar-refractivity contribution in [3.63, 3.8) is 0 Å². The summed E-state index contributed by atoms with van der Waals surface area (Å²) in [5, 5.41) is 2.97. The van der Waals surface area contributed by atoms with Crippen LogP contribution in [-0.4, -0.2) is 32.2 Å². The molecule has 0 amide bonds. The third-order valence-corrected chi connectivity index (χ3v) is 14.6. The Kier molecular flexibility index (Phi) is 13.4. The Morgan fingerprint density at radius 3 is 1.07 bits per heavy atom. The fourth-order valence-electron chi connectivity index (χ4n) is 6.07. The van der Waals surface area contributed by atoms with E-state index in [1.54, 1.807) is 96.3 Å². The highest BCUT2D eigenvalue weighted by atomic mass is 31.1. The molecule has 0 saturated heterocycles. The molecule has 3 rings (SSSR count). The highest BCUT2D eigenvalue weighted by Crippen LogP contribution is 2.61. The highest BCUT2D eigenvalue weighted by Gasteiger charge is 2.42. The van der Waals surface area contributed by atoms with E-state index in [1.807, 2.05) is 0 Å². The van der Waals surface area contributed by atoms with Crippen LogP contribution in [0.4, 0.5) is 0 Å². The minimum absolute atomic E-state index is 0.0465. The van der Waals surface area contributed by atoms with E-state index in [9.17, 15) is 0 Å². The predicted molar refractivity (Wildman–Crippen MR) is 134 cm³/mol. The van der Waals surface area contributed by atoms with Gasteiger partial charge in [0.2, 0.25) is 15.2 Å². The molecule has 3 aliphatic carbocycles. The van der Waals surface area contributed by atoms with Crippen LogP contribution in [0.15, 0.2) is 0 Å². The van der Waals surface area contributed by atoms with Crippen molar-refractivity contribution in [3.8, 4) is 0 Å². The first kappa shape index (κ1) is 25.2. The van der Waals surface area contributed by atoms with E-state index in [0.717, 1.165) is 27.1 Å². The van der Waals surface area contributed by atoms with Crippen molar-refractivity contribution in [2.75, 3.05) is 0 Å². The minimum atomic E-state index is -0.0465. The van der Waals surface area contributed by atoms with E-state index in [4.69, 9.17) is 0 Å². The summed E-state index contributed by atoms with van der Waals surface area (Å²) in [6.07, 6.45) is 23.8. The maximum atomic E-state index is 2.31. The molecule has 163 valence electrons.